The summed E-state index contributed by atoms with van der Waals surface area (Å²) in [5.41, 5.74) is -0.542. The number of carboxylic acid groups (broad SMARTS) is 1. The van der Waals surface area contributed by atoms with Crippen LogP contribution >= 0.6 is 23.2 Å². The van der Waals surface area contributed by atoms with Crippen LogP contribution in [0.4, 0.5) is 0 Å². The van der Waals surface area contributed by atoms with Gasteiger partial charge in [-0.1, -0.05) is 53.5 Å². The molecule has 0 saturated heterocycles. The Bertz CT molecular complexity index is 1000. The Morgan fingerprint density at radius 2 is 1.81 bits per heavy atom. The number of amides is 1. The average Bonchev–Trinajstić information content (AvgIpc) is 3.12. The molecule has 1 amide bonds. The van der Waals surface area contributed by atoms with Crippen molar-refractivity contribution in [3.05, 3.63) is 82.1 Å². The zero-order valence-electron chi connectivity index (χ0n) is 14.2. The number of carboxylic acids is 1. The zero-order valence-corrected chi connectivity index (χ0v) is 15.7. The number of halogens is 2. The molecule has 2 N–H and O–H groups in total. The molecule has 0 aliphatic heterocycles. The molecule has 8 heteroatoms. The number of aromatic nitrogens is 2. The fourth-order valence-corrected chi connectivity index (χ4v) is 3.05. The smallest absolute Gasteiger partial charge is 0.333 e. The van der Waals surface area contributed by atoms with Crippen molar-refractivity contribution in [2.24, 2.45) is 0 Å². The van der Waals surface area contributed by atoms with Crippen LogP contribution in [0.15, 0.2) is 60.8 Å². The summed E-state index contributed by atoms with van der Waals surface area (Å²) in [6.45, 7) is 1.43. The largest absolute Gasteiger partial charge is 0.479 e. The molecule has 0 radical (unpaired) electrons. The van der Waals surface area contributed by atoms with E-state index in [9.17, 15) is 14.7 Å². The number of benzene rings is 2. The number of rotatable bonds is 5. The van der Waals surface area contributed by atoms with Crippen LogP contribution in [0.3, 0.4) is 0 Å². The minimum absolute atomic E-state index is 0.0597. The number of hydrogen-bond donors (Lipinski definition) is 2. The Hall–Kier alpha value is -2.83. The molecule has 2 aromatic carbocycles. The summed E-state index contributed by atoms with van der Waals surface area (Å²) in [5, 5.41) is 17.2. The fourth-order valence-electron chi connectivity index (χ4n) is 2.56. The van der Waals surface area contributed by atoms with Gasteiger partial charge in [0.05, 0.1) is 10.7 Å². The van der Waals surface area contributed by atoms with Gasteiger partial charge in [-0.05, 0) is 36.8 Å². The van der Waals surface area contributed by atoms with Gasteiger partial charge in [0.25, 0.3) is 5.91 Å². The van der Waals surface area contributed by atoms with Gasteiger partial charge in [0.2, 0.25) is 0 Å². The van der Waals surface area contributed by atoms with E-state index in [4.69, 9.17) is 23.2 Å². The Kier molecular flexibility index (Phi) is 5.21. The Balaban J connectivity index is 1.88. The molecule has 1 unspecified atom stereocenters. The summed E-state index contributed by atoms with van der Waals surface area (Å²) in [5.74, 6) is -1.80. The summed E-state index contributed by atoms with van der Waals surface area (Å²) in [6.07, 6.45) is 1.56. The van der Waals surface area contributed by atoms with E-state index in [2.05, 4.69) is 10.4 Å². The third kappa shape index (κ3) is 3.82. The second-order valence-corrected chi connectivity index (χ2v) is 6.84. The van der Waals surface area contributed by atoms with Crippen molar-refractivity contribution in [1.82, 2.24) is 15.1 Å². The van der Waals surface area contributed by atoms with E-state index in [1.54, 1.807) is 54.7 Å². The van der Waals surface area contributed by atoms with Gasteiger partial charge in [-0.25, -0.2) is 9.48 Å². The SMILES string of the molecule is CC(NC(=O)c1ccn(-c2ccc(Cl)cc2Cl)n1)(C(=O)O)c1ccccc1. The lowest BCUT2D eigenvalue weighted by Crippen LogP contribution is -2.49. The summed E-state index contributed by atoms with van der Waals surface area (Å²) < 4.78 is 1.42. The maximum absolute atomic E-state index is 12.6. The standard InChI is InChI=1S/C19H15Cl2N3O3/c1-19(18(26)27,12-5-3-2-4-6-12)22-17(25)15-9-10-24(23-15)16-8-7-13(20)11-14(16)21/h2-11H,1H3,(H,22,25)(H,26,27). The van der Waals surface area contributed by atoms with E-state index in [0.29, 0.717) is 21.3 Å². The van der Waals surface area contributed by atoms with Crippen molar-refractivity contribution < 1.29 is 14.7 Å². The number of carbonyl (C=O) groups excluding carboxylic acids is 1. The molecule has 0 bridgehead atoms. The normalized spacial score (nSPS) is 13.0. The molecule has 3 rings (SSSR count). The molecule has 27 heavy (non-hydrogen) atoms. The van der Waals surface area contributed by atoms with Crippen LogP contribution in [-0.2, 0) is 10.3 Å². The topological polar surface area (TPSA) is 84.2 Å². The first-order chi connectivity index (χ1) is 12.8. The quantitative estimate of drug-likeness (QED) is 0.676. The second kappa shape index (κ2) is 7.42. The fraction of sp³-hybridized carbons (Fsp3) is 0.105. The average molecular weight is 404 g/mol. The van der Waals surface area contributed by atoms with Crippen LogP contribution < -0.4 is 5.32 Å². The molecule has 0 saturated carbocycles. The van der Waals surface area contributed by atoms with Gasteiger partial charge in [-0.2, -0.15) is 5.10 Å². The molecule has 1 heterocycles. The Morgan fingerprint density at radius 3 is 2.44 bits per heavy atom. The van der Waals surface area contributed by atoms with Gasteiger partial charge in [-0.15, -0.1) is 0 Å². The molecule has 0 aliphatic carbocycles. The van der Waals surface area contributed by atoms with E-state index < -0.39 is 17.4 Å². The van der Waals surface area contributed by atoms with Gasteiger partial charge in [0, 0.05) is 11.2 Å². The van der Waals surface area contributed by atoms with Crippen molar-refractivity contribution in [1.29, 1.82) is 0 Å². The number of hydrogen-bond acceptors (Lipinski definition) is 3. The summed E-state index contributed by atoms with van der Waals surface area (Å²) in [4.78, 5) is 24.4. The van der Waals surface area contributed by atoms with Crippen molar-refractivity contribution in [2.75, 3.05) is 0 Å². The molecule has 0 spiro atoms. The van der Waals surface area contributed by atoms with Crippen LogP contribution in [0.5, 0.6) is 0 Å². The first-order valence-electron chi connectivity index (χ1n) is 7.94. The molecule has 138 valence electrons. The second-order valence-electron chi connectivity index (χ2n) is 5.99. The van der Waals surface area contributed by atoms with Crippen LogP contribution in [0, 0.1) is 0 Å². The maximum atomic E-state index is 12.6. The van der Waals surface area contributed by atoms with E-state index in [-0.39, 0.29) is 5.69 Å². The minimum Gasteiger partial charge on any atom is -0.479 e. The van der Waals surface area contributed by atoms with Gasteiger partial charge >= 0.3 is 5.97 Å². The third-order valence-corrected chi connectivity index (χ3v) is 4.66. The monoisotopic (exact) mass is 403 g/mol. The highest BCUT2D eigenvalue weighted by Crippen LogP contribution is 2.25. The first-order valence-corrected chi connectivity index (χ1v) is 8.69. The lowest BCUT2D eigenvalue weighted by molar-refractivity contribution is -0.144. The van der Waals surface area contributed by atoms with Gasteiger partial charge < -0.3 is 10.4 Å². The van der Waals surface area contributed by atoms with Crippen molar-refractivity contribution >= 4 is 35.1 Å². The zero-order chi connectivity index (χ0) is 19.6. The van der Waals surface area contributed by atoms with Gasteiger partial charge in [0.15, 0.2) is 11.2 Å². The first kappa shape index (κ1) is 18.9. The molecule has 3 aromatic rings. The predicted molar refractivity (Wildman–Crippen MR) is 102 cm³/mol. The van der Waals surface area contributed by atoms with Crippen molar-refractivity contribution in [2.45, 2.75) is 12.5 Å². The van der Waals surface area contributed by atoms with E-state index in [0.717, 1.165) is 0 Å². The molecule has 1 atom stereocenters. The van der Waals surface area contributed by atoms with Crippen LogP contribution in [0.1, 0.15) is 23.0 Å². The van der Waals surface area contributed by atoms with Gasteiger partial charge in [0.1, 0.15) is 0 Å². The Morgan fingerprint density at radius 1 is 1.11 bits per heavy atom. The summed E-state index contributed by atoms with van der Waals surface area (Å²) in [6, 6.07) is 14.8. The highest BCUT2D eigenvalue weighted by Gasteiger charge is 2.37. The highest BCUT2D eigenvalue weighted by molar-refractivity contribution is 6.35. The van der Waals surface area contributed by atoms with Crippen molar-refractivity contribution in [3.8, 4) is 5.69 Å². The lowest BCUT2D eigenvalue weighted by Gasteiger charge is -2.26. The van der Waals surface area contributed by atoms with E-state index in [1.807, 2.05) is 0 Å². The summed E-state index contributed by atoms with van der Waals surface area (Å²) >= 11 is 12.0. The van der Waals surface area contributed by atoms with E-state index >= 15 is 0 Å². The number of carbonyl (C=O) groups is 2. The van der Waals surface area contributed by atoms with Gasteiger partial charge in [-0.3, -0.25) is 4.79 Å². The number of nitrogens with one attached hydrogen (secondary N) is 1. The van der Waals surface area contributed by atoms with Crippen LogP contribution in [0.2, 0.25) is 10.0 Å². The van der Waals surface area contributed by atoms with Crippen LogP contribution in [0.25, 0.3) is 5.69 Å². The molecule has 6 nitrogen and oxygen atoms in total. The number of aliphatic carboxylic acids is 1. The lowest BCUT2D eigenvalue weighted by atomic mass is 9.92. The third-order valence-electron chi connectivity index (χ3n) is 4.12. The molecular weight excluding hydrogens is 389 g/mol. The van der Waals surface area contributed by atoms with Crippen molar-refractivity contribution in [3.63, 3.8) is 0 Å². The molecular formula is C19H15Cl2N3O3. The Labute approximate surface area is 165 Å². The molecule has 0 fully saturated rings. The van der Waals surface area contributed by atoms with E-state index in [1.165, 1.54) is 17.7 Å². The molecule has 1 aromatic heterocycles. The predicted octanol–water partition coefficient (Wildman–Crippen LogP) is 3.91. The number of nitrogens with zero attached hydrogens (tertiary/aromatic N) is 2. The van der Waals surface area contributed by atoms with Crippen LogP contribution in [-0.4, -0.2) is 26.8 Å². The minimum atomic E-state index is -1.60. The maximum Gasteiger partial charge on any atom is 0.333 e. The highest BCUT2D eigenvalue weighted by atomic mass is 35.5. The molecule has 0 aliphatic rings. The summed E-state index contributed by atoms with van der Waals surface area (Å²) in [7, 11) is 0.